The highest BCUT2D eigenvalue weighted by Gasteiger charge is 2.51. The molecule has 2 aromatic rings. The van der Waals surface area contributed by atoms with Gasteiger partial charge in [-0.25, -0.2) is 9.97 Å². The van der Waals surface area contributed by atoms with Crippen molar-refractivity contribution in [2.45, 2.75) is 23.9 Å². The van der Waals surface area contributed by atoms with Crippen LogP contribution in [-0.4, -0.2) is 55.5 Å². The van der Waals surface area contributed by atoms with Crippen LogP contribution >= 0.6 is 11.8 Å². The summed E-state index contributed by atoms with van der Waals surface area (Å²) in [6.07, 6.45) is 6.18. The predicted octanol–water partition coefficient (Wildman–Crippen LogP) is 1.79. The zero-order valence-electron chi connectivity index (χ0n) is 13.2. The first-order chi connectivity index (χ1) is 11.7. The lowest BCUT2D eigenvalue weighted by molar-refractivity contribution is 0.0240. The van der Waals surface area contributed by atoms with Crippen LogP contribution in [0.4, 0.5) is 0 Å². The smallest absolute Gasteiger partial charge is 0.291 e. The number of hydrogen-bond acceptors (Lipinski definition) is 6. The van der Waals surface area contributed by atoms with Crippen molar-refractivity contribution < 1.29 is 9.53 Å². The van der Waals surface area contributed by atoms with Crippen molar-refractivity contribution in [3.05, 3.63) is 54.4 Å². The van der Waals surface area contributed by atoms with Crippen LogP contribution in [0.2, 0.25) is 0 Å². The van der Waals surface area contributed by atoms with Crippen LogP contribution < -0.4 is 0 Å². The van der Waals surface area contributed by atoms with Crippen molar-refractivity contribution in [3.63, 3.8) is 0 Å². The SMILES string of the molecule is O=C(c1ncccn1)N1CC2(CC(OCc3ccccn3)CS2)C1. The molecule has 6 nitrogen and oxygen atoms in total. The summed E-state index contributed by atoms with van der Waals surface area (Å²) in [4.78, 5) is 26.5. The molecule has 4 heterocycles. The van der Waals surface area contributed by atoms with Gasteiger partial charge in [-0.1, -0.05) is 6.07 Å². The molecule has 2 aliphatic rings. The summed E-state index contributed by atoms with van der Waals surface area (Å²) in [5, 5.41) is 0. The third-order valence-corrected chi connectivity index (χ3v) is 5.95. The lowest BCUT2D eigenvalue weighted by atomic mass is 9.93. The van der Waals surface area contributed by atoms with Gasteiger partial charge in [0.15, 0.2) is 0 Å². The quantitative estimate of drug-likeness (QED) is 0.844. The third kappa shape index (κ3) is 3.14. The summed E-state index contributed by atoms with van der Waals surface area (Å²) in [6, 6.07) is 7.56. The van der Waals surface area contributed by atoms with Crippen molar-refractivity contribution >= 4 is 17.7 Å². The van der Waals surface area contributed by atoms with E-state index in [1.807, 2.05) is 34.9 Å². The highest BCUT2D eigenvalue weighted by Crippen LogP contribution is 2.46. The molecular weight excluding hydrogens is 324 g/mol. The monoisotopic (exact) mass is 342 g/mol. The van der Waals surface area contributed by atoms with E-state index in [1.54, 1.807) is 24.7 Å². The van der Waals surface area contributed by atoms with E-state index in [1.165, 1.54) is 0 Å². The Kier molecular flexibility index (Phi) is 4.20. The standard InChI is InChI=1S/C17H18N4O2S/c22-16(15-19-6-3-7-20-15)21-11-17(12-21)8-14(10-24-17)23-9-13-4-1-2-5-18-13/h1-7,14H,8-12H2. The number of likely N-dealkylation sites (tertiary alicyclic amines) is 1. The first-order valence-corrected chi connectivity index (χ1v) is 8.94. The maximum absolute atomic E-state index is 12.3. The molecule has 7 heteroatoms. The molecule has 0 saturated carbocycles. The molecule has 2 fully saturated rings. The number of rotatable bonds is 4. The van der Waals surface area contributed by atoms with Crippen molar-refractivity contribution in [2.75, 3.05) is 18.8 Å². The number of carbonyl (C=O) groups excluding carboxylic acids is 1. The summed E-state index contributed by atoms with van der Waals surface area (Å²) < 4.78 is 6.13. The minimum atomic E-state index is -0.0836. The van der Waals surface area contributed by atoms with Crippen LogP contribution in [-0.2, 0) is 11.3 Å². The van der Waals surface area contributed by atoms with Gasteiger partial charge in [-0.05, 0) is 24.6 Å². The van der Waals surface area contributed by atoms with E-state index in [0.717, 1.165) is 31.0 Å². The van der Waals surface area contributed by atoms with Crippen LogP contribution in [0.15, 0.2) is 42.9 Å². The van der Waals surface area contributed by atoms with Gasteiger partial charge in [0, 0.05) is 37.4 Å². The fourth-order valence-electron chi connectivity index (χ4n) is 3.16. The topological polar surface area (TPSA) is 68.2 Å². The van der Waals surface area contributed by atoms with E-state index in [2.05, 4.69) is 15.0 Å². The zero-order chi connectivity index (χ0) is 16.4. The minimum absolute atomic E-state index is 0.0836. The number of nitrogens with zero attached hydrogens (tertiary/aromatic N) is 4. The Hall–Kier alpha value is -1.99. The number of aromatic nitrogens is 3. The first-order valence-electron chi connectivity index (χ1n) is 7.96. The van der Waals surface area contributed by atoms with E-state index >= 15 is 0 Å². The molecule has 1 atom stereocenters. The first kappa shape index (κ1) is 15.5. The average Bonchev–Trinajstić information content (AvgIpc) is 3.04. The fourth-order valence-corrected chi connectivity index (χ4v) is 4.71. The van der Waals surface area contributed by atoms with E-state index in [4.69, 9.17) is 4.74 Å². The van der Waals surface area contributed by atoms with Gasteiger partial charge < -0.3 is 9.64 Å². The molecular formula is C17H18N4O2S. The molecule has 24 heavy (non-hydrogen) atoms. The zero-order valence-corrected chi connectivity index (χ0v) is 14.0. The van der Waals surface area contributed by atoms with Gasteiger partial charge in [-0.3, -0.25) is 9.78 Å². The molecule has 2 aliphatic heterocycles. The largest absolute Gasteiger partial charge is 0.371 e. The Morgan fingerprint density at radius 1 is 1.21 bits per heavy atom. The van der Waals surface area contributed by atoms with Crippen molar-refractivity contribution in [2.24, 2.45) is 0 Å². The Bertz CT molecular complexity index is 707. The van der Waals surface area contributed by atoms with Gasteiger partial charge in [-0.2, -0.15) is 0 Å². The predicted molar refractivity (Wildman–Crippen MR) is 90.6 cm³/mol. The van der Waals surface area contributed by atoms with E-state index in [0.29, 0.717) is 6.61 Å². The minimum Gasteiger partial charge on any atom is -0.371 e. The third-order valence-electron chi connectivity index (χ3n) is 4.37. The van der Waals surface area contributed by atoms with Crippen molar-refractivity contribution in [1.29, 1.82) is 0 Å². The van der Waals surface area contributed by atoms with E-state index < -0.39 is 0 Å². The molecule has 0 bridgehead atoms. The number of ether oxygens (including phenoxy) is 1. The van der Waals surface area contributed by atoms with Crippen LogP contribution in [0, 0.1) is 0 Å². The number of amides is 1. The average molecular weight is 342 g/mol. The van der Waals surface area contributed by atoms with E-state index in [9.17, 15) is 4.79 Å². The summed E-state index contributed by atoms with van der Waals surface area (Å²) in [5.41, 5.74) is 0.954. The fraction of sp³-hybridized carbons (Fsp3) is 0.412. The van der Waals surface area contributed by atoms with Gasteiger partial charge in [-0.15, -0.1) is 11.8 Å². The van der Waals surface area contributed by atoms with Crippen molar-refractivity contribution in [1.82, 2.24) is 19.9 Å². The van der Waals surface area contributed by atoms with Gasteiger partial charge in [0.2, 0.25) is 5.82 Å². The molecule has 2 aromatic heterocycles. The molecule has 0 aliphatic carbocycles. The normalized spacial score (nSPS) is 21.7. The lowest BCUT2D eigenvalue weighted by Crippen LogP contribution is -2.61. The van der Waals surface area contributed by atoms with Gasteiger partial charge >= 0.3 is 0 Å². The van der Waals surface area contributed by atoms with Crippen LogP contribution in [0.1, 0.15) is 22.7 Å². The van der Waals surface area contributed by atoms with E-state index in [-0.39, 0.29) is 22.6 Å². The second-order valence-electron chi connectivity index (χ2n) is 6.19. The molecule has 1 unspecified atom stereocenters. The second-order valence-corrected chi connectivity index (χ2v) is 7.67. The highest BCUT2D eigenvalue weighted by atomic mass is 32.2. The van der Waals surface area contributed by atoms with Gasteiger partial charge in [0.25, 0.3) is 5.91 Å². The van der Waals surface area contributed by atoms with Crippen molar-refractivity contribution in [3.8, 4) is 0 Å². The number of hydrogen-bond donors (Lipinski definition) is 0. The Labute approximate surface area is 144 Å². The van der Waals surface area contributed by atoms with Crippen LogP contribution in [0.5, 0.6) is 0 Å². The maximum atomic E-state index is 12.3. The summed E-state index contributed by atoms with van der Waals surface area (Å²) in [6.45, 7) is 2.04. The number of carbonyl (C=O) groups is 1. The summed E-state index contributed by atoms with van der Waals surface area (Å²) >= 11 is 1.91. The Morgan fingerprint density at radius 2 is 2.00 bits per heavy atom. The van der Waals surface area contributed by atoms with Crippen LogP contribution in [0.25, 0.3) is 0 Å². The molecule has 0 aromatic carbocycles. The summed E-state index contributed by atoms with van der Waals surface area (Å²) in [5.74, 6) is 1.16. The highest BCUT2D eigenvalue weighted by molar-refractivity contribution is 8.01. The molecule has 1 amide bonds. The number of pyridine rings is 1. The second kappa shape index (κ2) is 6.49. The Morgan fingerprint density at radius 3 is 2.75 bits per heavy atom. The molecule has 1 spiro atoms. The lowest BCUT2D eigenvalue weighted by Gasteiger charge is -2.47. The summed E-state index contributed by atoms with van der Waals surface area (Å²) in [7, 11) is 0. The molecule has 4 rings (SSSR count). The van der Waals surface area contributed by atoms with Crippen LogP contribution in [0.3, 0.4) is 0 Å². The Balaban J connectivity index is 1.28. The van der Waals surface area contributed by atoms with Gasteiger partial charge in [0.05, 0.1) is 23.2 Å². The number of thioether (sulfide) groups is 1. The van der Waals surface area contributed by atoms with Gasteiger partial charge in [0.1, 0.15) is 0 Å². The molecule has 0 N–H and O–H groups in total. The maximum Gasteiger partial charge on any atom is 0.291 e. The molecule has 2 saturated heterocycles. The molecule has 0 radical (unpaired) electrons. The molecule has 124 valence electrons.